The van der Waals surface area contributed by atoms with Gasteiger partial charge < -0.3 is 15.4 Å². The molecular weight excluding hydrogens is 252 g/mol. The van der Waals surface area contributed by atoms with Crippen LogP contribution in [0.2, 0.25) is 0 Å². The minimum absolute atomic E-state index is 0.0453. The number of likely N-dealkylation sites (N-methyl/N-ethyl adjacent to an activating group) is 1. The molecule has 4 heteroatoms. The fraction of sp³-hybridized carbons (Fsp3) is 0.562. The number of hydrogen-bond acceptors (Lipinski definition) is 3. The molecule has 0 bridgehead atoms. The molecule has 1 amide bonds. The molecule has 110 valence electrons. The highest BCUT2D eigenvalue weighted by Gasteiger charge is 2.32. The maximum Gasteiger partial charge on any atom is 0.251 e. The lowest BCUT2D eigenvalue weighted by Gasteiger charge is -2.24. The van der Waals surface area contributed by atoms with Crippen LogP contribution in [0.4, 0.5) is 0 Å². The van der Waals surface area contributed by atoms with Crippen LogP contribution in [0.3, 0.4) is 0 Å². The van der Waals surface area contributed by atoms with E-state index < -0.39 is 0 Å². The zero-order chi connectivity index (χ0) is 14.5. The van der Waals surface area contributed by atoms with Crippen molar-refractivity contribution in [3.8, 4) is 0 Å². The van der Waals surface area contributed by atoms with E-state index >= 15 is 0 Å². The minimum Gasteiger partial charge on any atom is -0.364 e. The van der Waals surface area contributed by atoms with E-state index in [4.69, 9.17) is 10.5 Å². The Bertz CT molecular complexity index is 435. The van der Waals surface area contributed by atoms with Gasteiger partial charge in [-0.2, -0.15) is 0 Å². The minimum atomic E-state index is -0.309. The smallest absolute Gasteiger partial charge is 0.251 e. The molecule has 1 heterocycles. The number of amides is 1. The summed E-state index contributed by atoms with van der Waals surface area (Å²) < 4.78 is 5.66. The number of nitrogens with zero attached hydrogens (tertiary/aromatic N) is 1. The highest BCUT2D eigenvalue weighted by molar-refractivity contribution is 5.81. The van der Waals surface area contributed by atoms with Crippen LogP contribution in [0, 0.1) is 0 Å². The zero-order valence-corrected chi connectivity index (χ0v) is 12.3. The Kier molecular flexibility index (Phi) is 5.15. The van der Waals surface area contributed by atoms with Crippen molar-refractivity contribution in [3.63, 3.8) is 0 Å². The highest BCUT2D eigenvalue weighted by Crippen LogP contribution is 2.22. The Balaban J connectivity index is 1.88. The molecule has 4 nitrogen and oxygen atoms in total. The molecule has 1 saturated heterocycles. The van der Waals surface area contributed by atoms with E-state index in [1.165, 1.54) is 5.56 Å². The second-order valence-corrected chi connectivity index (χ2v) is 5.59. The summed E-state index contributed by atoms with van der Waals surface area (Å²) in [5.74, 6) is 0.389. The Morgan fingerprint density at radius 1 is 1.40 bits per heavy atom. The largest absolute Gasteiger partial charge is 0.364 e. The normalized spacial score (nSPS) is 23.6. The summed E-state index contributed by atoms with van der Waals surface area (Å²) in [6.07, 6.45) is 1.40. The maximum atomic E-state index is 12.3. The number of carbonyl (C=O) groups is 1. The summed E-state index contributed by atoms with van der Waals surface area (Å²) >= 11 is 0. The Morgan fingerprint density at radius 3 is 2.70 bits per heavy atom. The van der Waals surface area contributed by atoms with Gasteiger partial charge in [0, 0.05) is 20.1 Å². The lowest BCUT2D eigenvalue weighted by Crippen LogP contribution is -2.38. The quantitative estimate of drug-likeness (QED) is 0.891. The number of nitrogens with two attached hydrogens (primary N) is 1. The fourth-order valence-corrected chi connectivity index (χ4v) is 2.69. The molecule has 0 spiro atoms. The first-order valence-electron chi connectivity index (χ1n) is 7.27. The van der Waals surface area contributed by atoms with E-state index in [1.807, 2.05) is 25.2 Å². The first-order valence-corrected chi connectivity index (χ1v) is 7.27. The predicted molar refractivity (Wildman–Crippen MR) is 79.4 cm³/mol. The summed E-state index contributed by atoms with van der Waals surface area (Å²) in [5, 5.41) is 0. The molecule has 0 radical (unpaired) electrons. The van der Waals surface area contributed by atoms with Crippen molar-refractivity contribution < 1.29 is 9.53 Å². The fourth-order valence-electron chi connectivity index (χ4n) is 2.69. The lowest BCUT2D eigenvalue weighted by atomic mass is 10.0. The predicted octanol–water partition coefficient (Wildman–Crippen LogP) is 1.75. The highest BCUT2D eigenvalue weighted by atomic mass is 16.5. The van der Waals surface area contributed by atoms with Crippen molar-refractivity contribution >= 4 is 5.91 Å². The molecule has 1 fully saturated rings. The van der Waals surface area contributed by atoms with E-state index in [0.717, 1.165) is 12.8 Å². The van der Waals surface area contributed by atoms with Gasteiger partial charge in [-0.1, -0.05) is 37.3 Å². The van der Waals surface area contributed by atoms with Gasteiger partial charge in [-0.05, 0) is 24.3 Å². The summed E-state index contributed by atoms with van der Waals surface area (Å²) in [5.41, 5.74) is 6.83. The Labute approximate surface area is 120 Å². The van der Waals surface area contributed by atoms with Crippen molar-refractivity contribution in [2.45, 2.75) is 37.9 Å². The number of rotatable bonds is 5. The molecule has 1 aromatic carbocycles. The van der Waals surface area contributed by atoms with Crippen molar-refractivity contribution in [2.75, 3.05) is 20.1 Å². The molecule has 0 aromatic heterocycles. The van der Waals surface area contributed by atoms with Gasteiger partial charge in [-0.3, -0.25) is 4.79 Å². The summed E-state index contributed by atoms with van der Waals surface area (Å²) in [4.78, 5) is 14.1. The van der Waals surface area contributed by atoms with Crippen molar-refractivity contribution in [2.24, 2.45) is 5.73 Å². The standard InChI is InChI=1S/C16H24N2O2/c1-12(13-6-4-3-5-7-13)11-18(2)16(19)15-9-8-14(10-17)20-15/h3-7,12,14-15H,8-11,17H2,1-2H3/t12?,14-,15+/m1/s1. The SMILES string of the molecule is CC(CN(C)C(=O)[C@@H]1CC[C@H](CN)O1)c1ccccc1. The zero-order valence-electron chi connectivity index (χ0n) is 12.3. The van der Waals surface area contributed by atoms with Gasteiger partial charge in [0.25, 0.3) is 5.91 Å². The molecule has 3 atom stereocenters. The van der Waals surface area contributed by atoms with Gasteiger partial charge in [0.1, 0.15) is 6.10 Å². The first-order chi connectivity index (χ1) is 9.61. The van der Waals surface area contributed by atoms with Crippen molar-refractivity contribution in [1.29, 1.82) is 0 Å². The van der Waals surface area contributed by atoms with Gasteiger partial charge in [0.05, 0.1) is 6.10 Å². The third-order valence-electron chi connectivity index (χ3n) is 3.94. The number of carbonyl (C=O) groups excluding carboxylic acids is 1. The van der Waals surface area contributed by atoms with Gasteiger partial charge in [-0.25, -0.2) is 0 Å². The average Bonchev–Trinajstić information content (AvgIpc) is 2.96. The van der Waals surface area contributed by atoms with E-state index in [0.29, 0.717) is 19.0 Å². The average molecular weight is 276 g/mol. The summed E-state index contributed by atoms with van der Waals surface area (Å²) in [7, 11) is 1.85. The van der Waals surface area contributed by atoms with Crippen LogP contribution < -0.4 is 5.73 Å². The van der Waals surface area contributed by atoms with E-state index in [1.54, 1.807) is 4.90 Å². The second-order valence-electron chi connectivity index (χ2n) is 5.59. The molecule has 20 heavy (non-hydrogen) atoms. The maximum absolute atomic E-state index is 12.3. The molecule has 1 aromatic rings. The van der Waals surface area contributed by atoms with Gasteiger partial charge in [0.2, 0.25) is 0 Å². The van der Waals surface area contributed by atoms with Crippen molar-refractivity contribution in [3.05, 3.63) is 35.9 Å². The van der Waals surface area contributed by atoms with Crippen LogP contribution in [0.25, 0.3) is 0 Å². The Morgan fingerprint density at radius 2 is 2.10 bits per heavy atom. The van der Waals surface area contributed by atoms with Crippen LogP contribution >= 0.6 is 0 Å². The monoisotopic (exact) mass is 276 g/mol. The van der Waals surface area contributed by atoms with Crippen LogP contribution in [-0.2, 0) is 9.53 Å². The van der Waals surface area contributed by atoms with Gasteiger partial charge in [0.15, 0.2) is 0 Å². The van der Waals surface area contributed by atoms with Crippen LogP contribution in [-0.4, -0.2) is 43.2 Å². The Hall–Kier alpha value is -1.39. The second kappa shape index (κ2) is 6.86. The van der Waals surface area contributed by atoms with E-state index in [9.17, 15) is 4.79 Å². The lowest BCUT2D eigenvalue weighted by molar-refractivity contribution is -0.141. The van der Waals surface area contributed by atoms with Crippen LogP contribution in [0.1, 0.15) is 31.2 Å². The molecular formula is C16H24N2O2. The number of benzene rings is 1. The molecule has 1 unspecified atom stereocenters. The van der Waals surface area contributed by atoms with Crippen LogP contribution in [0.5, 0.6) is 0 Å². The third-order valence-corrected chi connectivity index (χ3v) is 3.94. The number of hydrogen-bond donors (Lipinski definition) is 1. The summed E-state index contributed by atoms with van der Waals surface area (Å²) in [6, 6.07) is 10.3. The molecule has 1 aliphatic heterocycles. The molecule has 2 N–H and O–H groups in total. The molecule has 0 aliphatic carbocycles. The van der Waals surface area contributed by atoms with E-state index in [2.05, 4.69) is 19.1 Å². The molecule has 0 saturated carbocycles. The molecule has 1 aliphatic rings. The topological polar surface area (TPSA) is 55.6 Å². The third kappa shape index (κ3) is 3.58. The number of ether oxygens (including phenoxy) is 1. The van der Waals surface area contributed by atoms with E-state index in [-0.39, 0.29) is 18.1 Å². The van der Waals surface area contributed by atoms with Gasteiger partial charge in [-0.15, -0.1) is 0 Å². The van der Waals surface area contributed by atoms with Crippen LogP contribution in [0.15, 0.2) is 30.3 Å². The van der Waals surface area contributed by atoms with Crippen molar-refractivity contribution in [1.82, 2.24) is 4.90 Å². The van der Waals surface area contributed by atoms with Gasteiger partial charge >= 0.3 is 0 Å². The molecule has 2 rings (SSSR count). The summed E-state index contributed by atoms with van der Waals surface area (Å²) in [6.45, 7) is 3.33. The first kappa shape index (κ1) is 15.0.